The maximum atomic E-state index is 12.6. The third-order valence-corrected chi connectivity index (χ3v) is 5.13. The lowest BCUT2D eigenvalue weighted by atomic mass is 9.87. The Morgan fingerprint density at radius 1 is 1.20 bits per heavy atom. The average Bonchev–Trinajstić information content (AvgIpc) is 3.21. The molecule has 2 aliphatic heterocycles. The van der Waals surface area contributed by atoms with Gasteiger partial charge in [0.05, 0.1) is 18.7 Å². The summed E-state index contributed by atoms with van der Waals surface area (Å²) in [6.07, 6.45) is 1.09. The lowest BCUT2D eigenvalue weighted by Crippen LogP contribution is -2.41. The molecule has 2 saturated heterocycles. The van der Waals surface area contributed by atoms with E-state index in [9.17, 15) is 14.7 Å². The maximum Gasteiger partial charge on any atom is 0.335 e. The van der Waals surface area contributed by atoms with Crippen LogP contribution in [-0.4, -0.2) is 47.3 Å². The lowest BCUT2D eigenvalue weighted by molar-refractivity contribution is -0.0591. The van der Waals surface area contributed by atoms with E-state index in [1.165, 1.54) is 17.7 Å². The van der Waals surface area contributed by atoms with Crippen LogP contribution in [0.5, 0.6) is 0 Å². The Labute approximate surface area is 144 Å². The van der Waals surface area contributed by atoms with Crippen molar-refractivity contribution in [2.24, 2.45) is 0 Å². The molecule has 3 atom stereocenters. The highest BCUT2D eigenvalue weighted by Crippen LogP contribution is 2.42. The van der Waals surface area contributed by atoms with Crippen LogP contribution in [0.4, 0.5) is 0 Å². The van der Waals surface area contributed by atoms with E-state index in [4.69, 9.17) is 9.15 Å². The highest BCUT2D eigenvalue weighted by atomic mass is 16.5. The predicted octanol–water partition coefficient (Wildman–Crippen LogP) is 1.40. The van der Waals surface area contributed by atoms with E-state index in [0.29, 0.717) is 25.1 Å². The molecule has 6 nitrogen and oxygen atoms in total. The molecule has 25 heavy (non-hydrogen) atoms. The van der Waals surface area contributed by atoms with E-state index in [-0.39, 0.29) is 18.4 Å². The minimum atomic E-state index is -0.735. The molecule has 0 radical (unpaired) electrons. The standard InChI is InChI=1S/C19H19NO5/c21-16-9-20(18(23)14-6-7-17(22)24-10-14)12-19(16)8-15(11-25-19)13-4-2-1-3-5-13/h1-7,10,15-16,21H,8-9,11-12H2/t15-,16+,19+/m0/s1. The number of aliphatic hydroxyl groups is 1. The van der Waals surface area contributed by atoms with Gasteiger partial charge >= 0.3 is 5.63 Å². The summed E-state index contributed by atoms with van der Waals surface area (Å²) in [6, 6.07) is 12.7. The third kappa shape index (κ3) is 2.88. The van der Waals surface area contributed by atoms with Crippen LogP contribution in [0, 0.1) is 0 Å². The van der Waals surface area contributed by atoms with Crippen LogP contribution in [0.1, 0.15) is 28.3 Å². The van der Waals surface area contributed by atoms with Crippen molar-refractivity contribution in [3.8, 4) is 0 Å². The second-order valence-corrected chi connectivity index (χ2v) is 6.73. The molecule has 4 rings (SSSR count). The van der Waals surface area contributed by atoms with Gasteiger partial charge in [0.2, 0.25) is 0 Å². The molecule has 6 heteroatoms. The van der Waals surface area contributed by atoms with E-state index < -0.39 is 17.3 Å². The normalized spacial score (nSPS) is 28.6. The van der Waals surface area contributed by atoms with Crippen LogP contribution in [0.15, 0.2) is 57.9 Å². The van der Waals surface area contributed by atoms with Gasteiger partial charge in [-0.25, -0.2) is 4.79 Å². The number of rotatable bonds is 2. The smallest absolute Gasteiger partial charge is 0.335 e. The van der Waals surface area contributed by atoms with Crippen LogP contribution >= 0.6 is 0 Å². The van der Waals surface area contributed by atoms with Crippen molar-refractivity contribution < 1.29 is 19.1 Å². The molecular formula is C19H19NO5. The molecule has 1 aromatic carbocycles. The monoisotopic (exact) mass is 341 g/mol. The Hall–Kier alpha value is -2.44. The number of β-amino-alcohol motifs (C(OH)–C–C–N with tert-alkyl or cyclic N) is 1. The third-order valence-electron chi connectivity index (χ3n) is 5.13. The van der Waals surface area contributed by atoms with Crippen LogP contribution < -0.4 is 5.63 Å². The van der Waals surface area contributed by atoms with Crippen molar-refractivity contribution in [3.05, 3.63) is 70.3 Å². The van der Waals surface area contributed by atoms with Crippen molar-refractivity contribution in [2.75, 3.05) is 19.7 Å². The minimum absolute atomic E-state index is 0.208. The zero-order valence-corrected chi connectivity index (χ0v) is 13.6. The maximum absolute atomic E-state index is 12.6. The summed E-state index contributed by atoms with van der Waals surface area (Å²) in [4.78, 5) is 25.2. The summed E-state index contributed by atoms with van der Waals surface area (Å²) in [7, 11) is 0. The van der Waals surface area contributed by atoms with Crippen LogP contribution in [0.25, 0.3) is 0 Å². The van der Waals surface area contributed by atoms with Crippen molar-refractivity contribution >= 4 is 5.91 Å². The zero-order chi connectivity index (χ0) is 17.4. The van der Waals surface area contributed by atoms with Gasteiger partial charge in [0.15, 0.2) is 0 Å². The number of hydrogen-bond acceptors (Lipinski definition) is 5. The van der Waals surface area contributed by atoms with Gasteiger partial charge in [-0.05, 0) is 18.1 Å². The molecule has 0 unspecified atom stereocenters. The first-order chi connectivity index (χ1) is 12.1. The SMILES string of the molecule is O=C(c1ccc(=O)oc1)N1C[C@@H](O)[C@@]2(C[C@H](c3ccccc3)CO2)C1. The van der Waals surface area contributed by atoms with E-state index in [1.54, 1.807) is 4.90 Å². The molecule has 0 bridgehead atoms. The van der Waals surface area contributed by atoms with Crippen molar-refractivity contribution in [1.29, 1.82) is 0 Å². The van der Waals surface area contributed by atoms with Crippen molar-refractivity contribution in [2.45, 2.75) is 24.0 Å². The van der Waals surface area contributed by atoms with E-state index in [0.717, 1.165) is 6.26 Å². The molecule has 1 N–H and O–H groups in total. The Balaban J connectivity index is 1.51. The van der Waals surface area contributed by atoms with Crippen molar-refractivity contribution in [3.63, 3.8) is 0 Å². The molecule has 0 aliphatic carbocycles. The van der Waals surface area contributed by atoms with E-state index >= 15 is 0 Å². The number of benzene rings is 1. The number of carbonyl (C=O) groups is 1. The van der Waals surface area contributed by atoms with E-state index in [2.05, 4.69) is 12.1 Å². The predicted molar refractivity (Wildman–Crippen MR) is 89.4 cm³/mol. The van der Waals surface area contributed by atoms with Gasteiger partial charge in [-0.3, -0.25) is 4.79 Å². The number of nitrogens with zero attached hydrogens (tertiary/aromatic N) is 1. The summed E-state index contributed by atoms with van der Waals surface area (Å²) in [5, 5.41) is 10.6. The van der Waals surface area contributed by atoms with Gasteiger partial charge in [-0.1, -0.05) is 30.3 Å². The Kier molecular flexibility index (Phi) is 3.94. The number of carbonyl (C=O) groups excluding carboxylic acids is 1. The van der Waals surface area contributed by atoms with Crippen LogP contribution in [-0.2, 0) is 4.74 Å². The molecule has 1 aromatic heterocycles. The zero-order valence-electron chi connectivity index (χ0n) is 13.6. The second kappa shape index (κ2) is 6.13. The van der Waals surface area contributed by atoms with Crippen LogP contribution in [0.3, 0.4) is 0 Å². The molecule has 2 aliphatic rings. The number of amides is 1. The van der Waals surface area contributed by atoms with Gasteiger partial charge in [0.1, 0.15) is 18.0 Å². The lowest BCUT2D eigenvalue weighted by Gasteiger charge is -2.26. The Morgan fingerprint density at radius 2 is 2.00 bits per heavy atom. The Bertz CT molecular complexity index is 813. The fourth-order valence-electron chi connectivity index (χ4n) is 3.77. The molecular weight excluding hydrogens is 322 g/mol. The van der Waals surface area contributed by atoms with Gasteiger partial charge < -0.3 is 19.2 Å². The number of ether oxygens (including phenoxy) is 1. The fourth-order valence-corrected chi connectivity index (χ4v) is 3.77. The quantitative estimate of drug-likeness (QED) is 0.893. The highest BCUT2D eigenvalue weighted by Gasteiger charge is 2.53. The van der Waals surface area contributed by atoms with Crippen LogP contribution in [0.2, 0.25) is 0 Å². The first kappa shape index (κ1) is 16.1. The first-order valence-corrected chi connectivity index (χ1v) is 8.32. The Morgan fingerprint density at radius 3 is 2.72 bits per heavy atom. The number of hydrogen-bond donors (Lipinski definition) is 1. The minimum Gasteiger partial charge on any atom is -0.430 e. The molecule has 2 fully saturated rings. The van der Waals surface area contributed by atoms with Gasteiger partial charge in [-0.15, -0.1) is 0 Å². The molecule has 130 valence electrons. The molecule has 1 amide bonds. The summed E-state index contributed by atoms with van der Waals surface area (Å²) < 4.78 is 10.8. The molecule has 2 aromatic rings. The number of aliphatic hydroxyl groups excluding tert-OH is 1. The largest absolute Gasteiger partial charge is 0.430 e. The van der Waals surface area contributed by atoms with Crippen molar-refractivity contribution in [1.82, 2.24) is 4.90 Å². The molecule has 1 spiro atoms. The second-order valence-electron chi connectivity index (χ2n) is 6.73. The molecule has 3 heterocycles. The highest BCUT2D eigenvalue weighted by molar-refractivity contribution is 5.94. The fraction of sp³-hybridized carbons (Fsp3) is 0.368. The number of likely N-dealkylation sites (tertiary alicyclic amines) is 1. The first-order valence-electron chi connectivity index (χ1n) is 8.32. The topological polar surface area (TPSA) is 80.0 Å². The summed E-state index contributed by atoms with van der Waals surface area (Å²) >= 11 is 0. The van der Waals surface area contributed by atoms with Gasteiger partial charge in [0, 0.05) is 18.5 Å². The average molecular weight is 341 g/mol. The van der Waals surface area contributed by atoms with Gasteiger partial charge in [0.25, 0.3) is 5.91 Å². The summed E-state index contributed by atoms with van der Waals surface area (Å²) in [5.74, 6) is -0.0629. The van der Waals surface area contributed by atoms with Gasteiger partial charge in [-0.2, -0.15) is 0 Å². The summed E-state index contributed by atoms with van der Waals surface area (Å²) in [5.41, 5.74) is 0.244. The van der Waals surface area contributed by atoms with E-state index in [1.807, 2.05) is 18.2 Å². The summed E-state index contributed by atoms with van der Waals surface area (Å²) in [6.45, 7) is 1.07. The molecule has 0 saturated carbocycles.